The van der Waals surface area contributed by atoms with Gasteiger partial charge in [0.25, 0.3) is 0 Å². The second-order valence-corrected chi connectivity index (χ2v) is 14.0. The molecule has 0 bridgehead atoms. The maximum atomic E-state index is 12.5. The van der Waals surface area contributed by atoms with E-state index in [1.807, 2.05) is 54.1 Å². The summed E-state index contributed by atoms with van der Waals surface area (Å²) in [4.78, 5) is 22.1. The number of fused-ring (bicyclic) bond motifs is 2. The lowest BCUT2D eigenvalue weighted by atomic mass is 9.96. The molecule has 1 fully saturated rings. The zero-order valence-corrected chi connectivity index (χ0v) is 29.3. The Morgan fingerprint density at radius 2 is 1.94 bits per heavy atom. The molecule has 1 saturated heterocycles. The highest BCUT2D eigenvalue weighted by atomic mass is 35.5. The lowest BCUT2D eigenvalue weighted by molar-refractivity contribution is -0.124. The van der Waals surface area contributed by atoms with Gasteiger partial charge in [-0.05, 0) is 93.1 Å². The molecule has 0 saturated carbocycles. The number of nitriles is 1. The Balaban J connectivity index is 1.16. The Labute approximate surface area is 292 Å². The minimum Gasteiger partial charge on any atom is -0.435 e. The van der Waals surface area contributed by atoms with Crippen LogP contribution in [0, 0.1) is 24.2 Å². The summed E-state index contributed by atoms with van der Waals surface area (Å²) >= 11 is 7.16. The third-order valence-electron chi connectivity index (χ3n) is 9.98. The van der Waals surface area contributed by atoms with Crippen LogP contribution in [0.5, 0.6) is 0 Å². The molecule has 10 heteroatoms. The number of aromatic nitrogens is 3. The molecule has 1 N–H and O–H groups in total. The molecule has 2 aromatic heterocycles. The predicted molar refractivity (Wildman–Crippen MR) is 192 cm³/mol. The van der Waals surface area contributed by atoms with Crippen LogP contribution in [0.1, 0.15) is 61.6 Å². The molecule has 0 aliphatic carbocycles. The summed E-state index contributed by atoms with van der Waals surface area (Å²) in [6.07, 6.45) is 4.85. The van der Waals surface area contributed by atoms with Crippen molar-refractivity contribution in [2.45, 2.75) is 66.1 Å². The van der Waals surface area contributed by atoms with Crippen LogP contribution in [-0.2, 0) is 24.3 Å². The molecule has 2 aliphatic heterocycles. The van der Waals surface area contributed by atoms with E-state index in [-0.39, 0.29) is 11.8 Å². The molecule has 252 valence electrons. The summed E-state index contributed by atoms with van der Waals surface area (Å²) in [5.41, 5.74) is 9.45. The minimum atomic E-state index is -0.00522. The van der Waals surface area contributed by atoms with Crippen molar-refractivity contribution in [3.05, 3.63) is 87.7 Å². The topological polar surface area (TPSA) is 103 Å². The van der Waals surface area contributed by atoms with E-state index in [0.717, 1.165) is 78.1 Å². The summed E-state index contributed by atoms with van der Waals surface area (Å²) in [6.45, 7) is 13.3. The number of benzene rings is 3. The summed E-state index contributed by atoms with van der Waals surface area (Å²) in [5.74, 6) is 0.579. The smallest absolute Gasteiger partial charge is 0.227 e. The normalized spacial score (nSPS) is 16.7. The molecule has 49 heavy (non-hydrogen) atoms. The van der Waals surface area contributed by atoms with Crippen LogP contribution in [-0.4, -0.2) is 62.7 Å². The van der Waals surface area contributed by atoms with Gasteiger partial charge in [0.15, 0.2) is 5.58 Å². The van der Waals surface area contributed by atoms with E-state index in [9.17, 15) is 10.1 Å². The van der Waals surface area contributed by atoms with Crippen molar-refractivity contribution in [3.63, 3.8) is 0 Å². The number of hydrogen-bond acceptors (Lipinski definition) is 7. The first-order chi connectivity index (χ1) is 23.7. The number of rotatable bonds is 9. The van der Waals surface area contributed by atoms with Crippen LogP contribution in [0.2, 0.25) is 5.02 Å². The van der Waals surface area contributed by atoms with Crippen LogP contribution < -0.4 is 5.32 Å². The van der Waals surface area contributed by atoms with E-state index >= 15 is 0 Å². The Morgan fingerprint density at radius 1 is 1.14 bits per heavy atom. The van der Waals surface area contributed by atoms with E-state index in [2.05, 4.69) is 54.2 Å². The highest BCUT2D eigenvalue weighted by molar-refractivity contribution is 6.35. The SMILES string of the molecule is CCCNC(=O)[C@@H]1CCN(Cc2cc(C#N)c3oc(-c4cccc(-c5cccc(-n6cc7c(n6)CN(C(C)C)CC7)c5Cl)c4C)nc3c2)C1. The first-order valence-corrected chi connectivity index (χ1v) is 17.7. The Morgan fingerprint density at radius 3 is 2.73 bits per heavy atom. The standard InChI is InChI=1S/C39H42ClN7O2/c1-5-14-42-38(48)28-12-15-45(21-28)20-26-17-29(19-41)37-33(18-26)43-39(49-37)31-9-6-8-30(25(31)4)32-10-7-11-35(36(32)40)47-22-27-13-16-46(24(2)3)23-34(27)44-47/h6-11,17-18,22,24,28H,5,12-16,20-21,23H2,1-4H3,(H,42,48)/t28-/m1/s1. The molecular formula is C39H42ClN7O2. The quantitative estimate of drug-likeness (QED) is 0.175. The number of nitrogens with one attached hydrogen (secondary N) is 1. The summed E-state index contributed by atoms with van der Waals surface area (Å²) < 4.78 is 8.22. The van der Waals surface area contributed by atoms with Gasteiger partial charge in [-0.2, -0.15) is 10.4 Å². The van der Waals surface area contributed by atoms with Crippen LogP contribution >= 0.6 is 11.6 Å². The predicted octanol–water partition coefficient (Wildman–Crippen LogP) is 7.30. The minimum absolute atomic E-state index is 0.00522. The monoisotopic (exact) mass is 675 g/mol. The van der Waals surface area contributed by atoms with Crippen LogP contribution in [0.15, 0.2) is 59.1 Å². The number of oxazole rings is 1. The summed E-state index contributed by atoms with van der Waals surface area (Å²) in [7, 11) is 0. The van der Waals surface area contributed by atoms with Gasteiger partial charge in [0.2, 0.25) is 11.8 Å². The Kier molecular flexibility index (Phi) is 9.29. The molecule has 0 radical (unpaired) electrons. The third-order valence-corrected chi connectivity index (χ3v) is 10.4. The number of carbonyl (C=O) groups is 1. The fourth-order valence-corrected chi connectivity index (χ4v) is 7.49. The molecule has 7 rings (SSSR count). The molecule has 3 aromatic carbocycles. The highest BCUT2D eigenvalue weighted by Crippen LogP contribution is 2.39. The lowest BCUT2D eigenvalue weighted by Gasteiger charge is -2.29. The van der Waals surface area contributed by atoms with Gasteiger partial charge >= 0.3 is 0 Å². The van der Waals surface area contributed by atoms with Gasteiger partial charge in [-0.3, -0.25) is 14.6 Å². The Hall–Kier alpha value is -4.49. The van der Waals surface area contributed by atoms with Gasteiger partial charge < -0.3 is 9.73 Å². The van der Waals surface area contributed by atoms with Crippen LogP contribution in [0.25, 0.3) is 39.4 Å². The van der Waals surface area contributed by atoms with Gasteiger partial charge in [0.1, 0.15) is 11.6 Å². The second kappa shape index (κ2) is 13.8. The zero-order chi connectivity index (χ0) is 34.2. The van der Waals surface area contributed by atoms with Gasteiger partial charge in [0.05, 0.1) is 27.9 Å². The first-order valence-electron chi connectivity index (χ1n) is 17.3. The van der Waals surface area contributed by atoms with Gasteiger partial charge in [-0.1, -0.05) is 42.8 Å². The molecule has 1 amide bonds. The lowest BCUT2D eigenvalue weighted by Crippen LogP contribution is -2.35. The molecule has 0 unspecified atom stereocenters. The number of hydrogen-bond donors (Lipinski definition) is 1. The number of likely N-dealkylation sites (tertiary alicyclic amines) is 1. The molecule has 4 heterocycles. The van der Waals surface area contributed by atoms with E-state index in [4.69, 9.17) is 26.1 Å². The van der Waals surface area contributed by atoms with E-state index in [1.54, 1.807) is 0 Å². The van der Waals surface area contributed by atoms with E-state index < -0.39 is 0 Å². The van der Waals surface area contributed by atoms with Crippen molar-refractivity contribution in [2.24, 2.45) is 5.92 Å². The van der Waals surface area contributed by atoms with Crippen molar-refractivity contribution < 1.29 is 9.21 Å². The molecule has 1 atom stereocenters. The van der Waals surface area contributed by atoms with Crippen molar-refractivity contribution in [3.8, 4) is 34.3 Å². The van der Waals surface area contributed by atoms with Crippen LogP contribution in [0.3, 0.4) is 0 Å². The summed E-state index contributed by atoms with van der Waals surface area (Å²) in [6, 6.07) is 18.8. The van der Waals surface area contributed by atoms with Gasteiger partial charge in [-0.25, -0.2) is 9.67 Å². The molecule has 9 nitrogen and oxygen atoms in total. The van der Waals surface area contributed by atoms with Crippen molar-refractivity contribution in [1.82, 2.24) is 29.9 Å². The first kappa shape index (κ1) is 33.0. The molecule has 0 spiro atoms. The van der Waals surface area contributed by atoms with Crippen LogP contribution in [0.4, 0.5) is 0 Å². The average molecular weight is 676 g/mol. The molecular weight excluding hydrogens is 634 g/mol. The number of carbonyl (C=O) groups excluding carboxylic acids is 1. The number of nitrogens with zero attached hydrogens (tertiary/aromatic N) is 6. The third kappa shape index (κ3) is 6.49. The van der Waals surface area contributed by atoms with Gasteiger partial charge in [0, 0.05) is 56.1 Å². The van der Waals surface area contributed by atoms with Crippen molar-refractivity contribution in [2.75, 3.05) is 26.2 Å². The van der Waals surface area contributed by atoms with Crippen molar-refractivity contribution >= 4 is 28.6 Å². The maximum absolute atomic E-state index is 12.5. The zero-order valence-electron chi connectivity index (χ0n) is 28.6. The number of halogens is 1. The highest BCUT2D eigenvalue weighted by Gasteiger charge is 2.29. The molecule has 5 aromatic rings. The largest absolute Gasteiger partial charge is 0.435 e. The van der Waals surface area contributed by atoms with E-state index in [1.165, 1.54) is 5.56 Å². The second-order valence-electron chi connectivity index (χ2n) is 13.6. The number of amides is 1. The Bertz CT molecular complexity index is 2070. The fraction of sp³-hybridized carbons (Fsp3) is 0.385. The van der Waals surface area contributed by atoms with Crippen molar-refractivity contribution in [1.29, 1.82) is 5.26 Å². The summed E-state index contributed by atoms with van der Waals surface area (Å²) in [5, 5.41) is 18.7. The average Bonchev–Trinajstić information content (AvgIpc) is 3.85. The maximum Gasteiger partial charge on any atom is 0.227 e. The molecule has 2 aliphatic rings. The fourth-order valence-electron chi connectivity index (χ4n) is 7.17. The van der Waals surface area contributed by atoms with E-state index in [0.29, 0.717) is 53.3 Å². The van der Waals surface area contributed by atoms with Gasteiger partial charge in [-0.15, -0.1) is 0 Å².